The minimum atomic E-state index is -0.527. The summed E-state index contributed by atoms with van der Waals surface area (Å²) in [5.41, 5.74) is 0.354. The Morgan fingerprint density at radius 2 is 1.79 bits per heavy atom. The molecular weight excluding hydrogens is 219 g/mol. The number of rotatable bonds is 1. The molecule has 70 valence electrons. The molecule has 2 aromatic carbocycles. The van der Waals surface area contributed by atoms with Gasteiger partial charge in [0.15, 0.2) is 0 Å². The maximum atomic E-state index is 11.0. The largest absolute Gasteiger partial charge is 0.276 e. The lowest BCUT2D eigenvalue weighted by molar-refractivity contribution is 0.108. The fourth-order valence-electron chi connectivity index (χ4n) is 1.39. The molecule has 0 spiro atoms. The SMILES string of the molecule is O=C(Cl)c1ccc2ccccc2c1Cl. The van der Waals surface area contributed by atoms with Gasteiger partial charge in [-0.1, -0.05) is 41.9 Å². The molecule has 3 heteroatoms. The predicted molar refractivity (Wildman–Crippen MR) is 59.1 cm³/mol. The Morgan fingerprint density at radius 1 is 1.07 bits per heavy atom. The average molecular weight is 225 g/mol. The monoisotopic (exact) mass is 224 g/mol. The molecule has 0 N–H and O–H groups in total. The minimum absolute atomic E-state index is 0.354. The summed E-state index contributed by atoms with van der Waals surface area (Å²) in [5, 5.41) is 1.74. The molecule has 0 amide bonds. The van der Waals surface area contributed by atoms with Gasteiger partial charge in [0.05, 0.1) is 10.6 Å². The molecule has 2 rings (SSSR count). The highest BCUT2D eigenvalue weighted by atomic mass is 35.5. The lowest BCUT2D eigenvalue weighted by Crippen LogP contribution is -1.90. The van der Waals surface area contributed by atoms with Gasteiger partial charge in [0, 0.05) is 5.39 Å². The Bertz CT molecular complexity index is 506. The summed E-state index contributed by atoms with van der Waals surface area (Å²) in [6, 6.07) is 11.1. The Hall–Kier alpha value is -1.05. The van der Waals surface area contributed by atoms with Crippen LogP contribution in [0.15, 0.2) is 36.4 Å². The Kier molecular flexibility index (Phi) is 2.44. The molecule has 0 aromatic heterocycles. The molecule has 0 fully saturated rings. The number of hydrogen-bond acceptors (Lipinski definition) is 1. The van der Waals surface area contributed by atoms with Crippen LogP contribution in [0, 0.1) is 0 Å². The lowest BCUT2D eigenvalue weighted by atomic mass is 10.1. The van der Waals surface area contributed by atoms with Gasteiger partial charge in [-0.05, 0) is 23.1 Å². The normalized spacial score (nSPS) is 10.4. The molecule has 0 saturated heterocycles. The van der Waals surface area contributed by atoms with Crippen LogP contribution in [0.4, 0.5) is 0 Å². The van der Waals surface area contributed by atoms with Crippen LogP contribution >= 0.6 is 23.2 Å². The molecule has 0 aliphatic carbocycles. The molecule has 0 bridgehead atoms. The van der Waals surface area contributed by atoms with E-state index in [1.54, 1.807) is 6.07 Å². The molecule has 0 aliphatic heterocycles. The number of carbonyl (C=O) groups is 1. The van der Waals surface area contributed by atoms with Gasteiger partial charge in [-0.3, -0.25) is 4.79 Å². The molecule has 0 saturated carbocycles. The van der Waals surface area contributed by atoms with E-state index in [0.717, 1.165) is 10.8 Å². The Balaban J connectivity index is 2.81. The van der Waals surface area contributed by atoms with Crippen LogP contribution in [-0.4, -0.2) is 5.24 Å². The van der Waals surface area contributed by atoms with E-state index in [1.807, 2.05) is 30.3 Å². The number of halogens is 2. The van der Waals surface area contributed by atoms with Gasteiger partial charge >= 0.3 is 0 Å². The quantitative estimate of drug-likeness (QED) is 0.673. The first-order valence-electron chi connectivity index (χ1n) is 4.07. The second kappa shape index (κ2) is 3.60. The van der Waals surface area contributed by atoms with Crippen molar-refractivity contribution in [2.24, 2.45) is 0 Å². The van der Waals surface area contributed by atoms with Crippen molar-refractivity contribution in [2.45, 2.75) is 0 Å². The molecule has 0 aliphatic rings. The highest BCUT2D eigenvalue weighted by Gasteiger charge is 2.09. The van der Waals surface area contributed by atoms with E-state index in [1.165, 1.54) is 0 Å². The van der Waals surface area contributed by atoms with Crippen molar-refractivity contribution in [2.75, 3.05) is 0 Å². The molecule has 0 unspecified atom stereocenters. The fourth-order valence-corrected chi connectivity index (χ4v) is 1.91. The second-order valence-corrected chi connectivity index (χ2v) is 3.64. The van der Waals surface area contributed by atoms with Crippen molar-refractivity contribution in [1.29, 1.82) is 0 Å². The van der Waals surface area contributed by atoms with Crippen molar-refractivity contribution >= 4 is 39.2 Å². The molecule has 1 nitrogen and oxygen atoms in total. The van der Waals surface area contributed by atoms with Crippen LogP contribution in [0.3, 0.4) is 0 Å². The minimum Gasteiger partial charge on any atom is -0.276 e. The van der Waals surface area contributed by atoms with Gasteiger partial charge in [-0.25, -0.2) is 0 Å². The van der Waals surface area contributed by atoms with E-state index >= 15 is 0 Å². The summed E-state index contributed by atoms with van der Waals surface area (Å²) in [4.78, 5) is 11.0. The summed E-state index contributed by atoms with van der Waals surface area (Å²) in [6.07, 6.45) is 0. The first-order valence-corrected chi connectivity index (χ1v) is 4.83. The summed E-state index contributed by atoms with van der Waals surface area (Å²) in [5.74, 6) is 0. The van der Waals surface area contributed by atoms with Crippen LogP contribution in [-0.2, 0) is 0 Å². The second-order valence-electron chi connectivity index (χ2n) is 2.92. The topological polar surface area (TPSA) is 17.1 Å². The molecular formula is C11H6Cl2O. The summed E-state index contributed by atoms with van der Waals surface area (Å²) in [6.45, 7) is 0. The predicted octanol–water partition coefficient (Wildman–Crippen LogP) is 3.87. The van der Waals surface area contributed by atoms with E-state index in [4.69, 9.17) is 23.2 Å². The zero-order valence-electron chi connectivity index (χ0n) is 7.13. The Labute approximate surface area is 91.2 Å². The van der Waals surface area contributed by atoms with Gasteiger partial charge < -0.3 is 0 Å². The maximum absolute atomic E-state index is 11.0. The van der Waals surface area contributed by atoms with Gasteiger partial charge in [0.2, 0.25) is 0 Å². The standard InChI is InChI=1S/C11H6Cl2O/c12-10-8-4-2-1-3-7(8)5-6-9(10)11(13)14/h1-6H. The highest BCUT2D eigenvalue weighted by Crippen LogP contribution is 2.27. The number of carbonyl (C=O) groups excluding carboxylic acids is 1. The van der Waals surface area contributed by atoms with Gasteiger partial charge in [-0.2, -0.15) is 0 Å². The summed E-state index contributed by atoms with van der Waals surface area (Å²) in [7, 11) is 0. The smallest absolute Gasteiger partial charge is 0.253 e. The molecule has 2 aromatic rings. The first kappa shape index (κ1) is 9.50. The Morgan fingerprint density at radius 3 is 2.50 bits per heavy atom. The molecule has 14 heavy (non-hydrogen) atoms. The molecule has 0 heterocycles. The van der Waals surface area contributed by atoms with Crippen LogP contribution in [0.1, 0.15) is 10.4 Å². The zero-order chi connectivity index (χ0) is 10.1. The highest BCUT2D eigenvalue weighted by molar-refractivity contribution is 6.69. The summed E-state index contributed by atoms with van der Waals surface area (Å²) >= 11 is 11.4. The summed E-state index contributed by atoms with van der Waals surface area (Å²) < 4.78 is 0. The third-order valence-electron chi connectivity index (χ3n) is 2.08. The zero-order valence-corrected chi connectivity index (χ0v) is 8.64. The van der Waals surface area contributed by atoms with Crippen molar-refractivity contribution < 1.29 is 4.79 Å². The van der Waals surface area contributed by atoms with Crippen molar-refractivity contribution in [1.82, 2.24) is 0 Å². The van der Waals surface area contributed by atoms with E-state index in [2.05, 4.69) is 0 Å². The molecule has 0 radical (unpaired) electrons. The number of fused-ring (bicyclic) bond motifs is 1. The first-order chi connectivity index (χ1) is 6.70. The van der Waals surface area contributed by atoms with Crippen LogP contribution in [0.25, 0.3) is 10.8 Å². The van der Waals surface area contributed by atoms with Crippen molar-refractivity contribution in [3.63, 3.8) is 0 Å². The van der Waals surface area contributed by atoms with Crippen LogP contribution in [0.5, 0.6) is 0 Å². The lowest BCUT2D eigenvalue weighted by Gasteiger charge is -2.03. The van der Waals surface area contributed by atoms with Gasteiger partial charge in [0.25, 0.3) is 5.24 Å². The molecule has 0 atom stereocenters. The van der Waals surface area contributed by atoms with E-state index in [-0.39, 0.29) is 0 Å². The van der Waals surface area contributed by atoms with Gasteiger partial charge in [-0.15, -0.1) is 0 Å². The van der Waals surface area contributed by atoms with Crippen LogP contribution < -0.4 is 0 Å². The van der Waals surface area contributed by atoms with Crippen molar-refractivity contribution in [3.05, 3.63) is 47.0 Å². The number of benzene rings is 2. The maximum Gasteiger partial charge on any atom is 0.253 e. The fraction of sp³-hybridized carbons (Fsp3) is 0. The van der Waals surface area contributed by atoms with E-state index in [9.17, 15) is 4.79 Å². The van der Waals surface area contributed by atoms with Gasteiger partial charge in [0.1, 0.15) is 0 Å². The third-order valence-corrected chi connectivity index (χ3v) is 2.69. The third kappa shape index (κ3) is 1.49. The average Bonchev–Trinajstić information content (AvgIpc) is 2.18. The number of hydrogen-bond donors (Lipinski definition) is 0. The van der Waals surface area contributed by atoms with Crippen molar-refractivity contribution in [3.8, 4) is 0 Å². The van der Waals surface area contributed by atoms with Crippen LogP contribution in [0.2, 0.25) is 5.02 Å². The van der Waals surface area contributed by atoms with E-state index in [0.29, 0.717) is 10.6 Å². The van der Waals surface area contributed by atoms with E-state index < -0.39 is 5.24 Å².